The molecule has 20 heavy (non-hydrogen) atoms. The number of aliphatic carboxylic acids is 1. The van der Waals surface area contributed by atoms with Gasteiger partial charge >= 0.3 is 12.1 Å². The normalized spacial score (nSPS) is 12.8. The molecular formula is C12H19N3O4S. The third kappa shape index (κ3) is 5.52. The zero-order valence-electron chi connectivity index (χ0n) is 12.0. The molecule has 7 nitrogen and oxygen atoms in total. The number of amides is 1. The average Bonchev–Trinajstić information content (AvgIpc) is 2.73. The van der Waals surface area contributed by atoms with Crippen LogP contribution in [0.25, 0.3) is 0 Å². The van der Waals surface area contributed by atoms with E-state index < -0.39 is 23.7 Å². The lowest BCUT2D eigenvalue weighted by Crippen LogP contribution is -2.44. The molecule has 0 fully saturated rings. The summed E-state index contributed by atoms with van der Waals surface area (Å²) in [5, 5.41) is 20.7. The second-order valence-electron chi connectivity index (χ2n) is 5.18. The summed E-state index contributed by atoms with van der Waals surface area (Å²) in [6, 6.07) is -1.08. The van der Waals surface area contributed by atoms with Crippen LogP contribution in [0.2, 0.25) is 0 Å². The highest BCUT2D eigenvalue weighted by Crippen LogP contribution is 2.13. The Morgan fingerprint density at radius 1 is 1.35 bits per heavy atom. The van der Waals surface area contributed by atoms with Crippen molar-refractivity contribution in [2.45, 2.75) is 52.2 Å². The van der Waals surface area contributed by atoms with Gasteiger partial charge in [0.2, 0.25) is 0 Å². The van der Waals surface area contributed by atoms with Crippen LogP contribution in [0.4, 0.5) is 4.79 Å². The van der Waals surface area contributed by atoms with Crippen molar-refractivity contribution in [3.8, 4) is 0 Å². The lowest BCUT2D eigenvalue weighted by atomic mass is 10.2. The molecule has 1 aromatic heterocycles. The third-order valence-electron chi connectivity index (χ3n) is 2.18. The number of rotatable bonds is 5. The number of nitrogens with one attached hydrogen (secondary N) is 1. The van der Waals surface area contributed by atoms with Crippen molar-refractivity contribution >= 4 is 23.4 Å². The Labute approximate surface area is 121 Å². The van der Waals surface area contributed by atoms with E-state index in [0.29, 0.717) is 5.01 Å². The van der Waals surface area contributed by atoms with Crippen molar-refractivity contribution in [3.05, 3.63) is 10.0 Å². The number of carboxylic acids is 1. The van der Waals surface area contributed by atoms with Crippen molar-refractivity contribution in [3.63, 3.8) is 0 Å². The summed E-state index contributed by atoms with van der Waals surface area (Å²) in [6.07, 6.45) is 0.0753. The van der Waals surface area contributed by atoms with Crippen LogP contribution in [0.5, 0.6) is 0 Å². The molecule has 1 heterocycles. The van der Waals surface area contributed by atoms with Crippen molar-refractivity contribution < 1.29 is 19.4 Å². The molecule has 1 amide bonds. The van der Waals surface area contributed by atoms with E-state index in [0.717, 1.165) is 11.4 Å². The van der Waals surface area contributed by atoms with Gasteiger partial charge < -0.3 is 15.2 Å². The molecule has 0 saturated carbocycles. The highest BCUT2D eigenvalue weighted by Gasteiger charge is 2.25. The van der Waals surface area contributed by atoms with Gasteiger partial charge in [0.15, 0.2) is 0 Å². The Hall–Kier alpha value is -1.70. The molecule has 0 radical (unpaired) electrons. The van der Waals surface area contributed by atoms with Gasteiger partial charge in [-0.2, -0.15) is 0 Å². The number of ether oxygens (including phenoxy) is 1. The highest BCUT2D eigenvalue weighted by molar-refractivity contribution is 7.11. The minimum atomic E-state index is -1.14. The number of carboxylic acid groups (broad SMARTS) is 1. The summed E-state index contributed by atoms with van der Waals surface area (Å²) in [5.41, 5.74) is -0.675. The van der Waals surface area contributed by atoms with Gasteiger partial charge in [0, 0.05) is 6.42 Å². The van der Waals surface area contributed by atoms with Crippen molar-refractivity contribution in [1.29, 1.82) is 0 Å². The van der Waals surface area contributed by atoms with E-state index in [1.54, 1.807) is 20.8 Å². The van der Waals surface area contributed by atoms with Crippen molar-refractivity contribution in [2.75, 3.05) is 0 Å². The Bertz CT molecular complexity index is 481. The molecule has 112 valence electrons. The van der Waals surface area contributed by atoms with Crippen LogP contribution in [-0.4, -0.2) is 39.0 Å². The fraction of sp³-hybridized carbons (Fsp3) is 0.667. The molecule has 8 heteroatoms. The number of alkyl carbamates (subject to hydrolysis) is 1. The summed E-state index contributed by atoms with van der Waals surface area (Å²) < 4.78 is 5.04. The van der Waals surface area contributed by atoms with Gasteiger partial charge in [-0.15, -0.1) is 21.5 Å². The first-order valence-corrected chi connectivity index (χ1v) is 7.06. The lowest BCUT2D eigenvalue weighted by molar-refractivity contribution is -0.139. The first-order chi connectivity index (χ1) is 9.21. The molecule has 1 rings (SSSR count). The van der Waals surface area contributed by atoms with Crippen LogP contribution in [0.15, 0.2) is 0 Å². The summed E-state index contributed by atoms with van der Waals surface area (Å²) in [6.45, 7) is 7.07. The van der Waals surface area contributed by atoms with Gasteiger partial charge in [-0.25, -0.2) is 9.59 Å². The maximum absolute atomic E-state index is 11.6. The standard InChI is InChI=1S/C12H19N3O4S/c1-5-8-14-15-9(20-8)6-7(10(16)17)13-11(18)19-12(2,3)4/h7H,5-6H2,1-4H3,(H,13,18)(H,16,17). The number of carbonyl (C=O) groups is 2. The van der Waals surface area contributed by atoms with Gasteiger partial charge in [-0.05, 0) is 27.2 Å². The molecule has 1 atom stereocenters. The SMILES string of the molecule is CCc1nnc(CC(NC(=O)OC(C)(C)C)C(=O)O)s1. The van der Waals surface area contributed by atoms with E-state index in [1.807, 2.05) is 6.92 Å². The number of hydrogen-bond acceptors (Lipinski definition) is 6. The summed E-state index contributed by atoms with van der Waals surface area (Å²) >= 11 is 1.34. The minimum absolute atomic E-state index is 0.0895. The molecule has 0 aliphatic heterocycles. The second-order valence-corrected chi connectivity index (χ2v) is 6.33. The molecule has 0 aliphatic carbocycles. The Kier molecular flexibility index (Phi) is 5.43. The Balaban J connectivity index is 2.65. The molecule has 0 bridgehead atoms. The second kappa shape index (κ2) is 6.65. The first-order valence-electron chi connectivity index (χ1n) is 6.25. The molecule has 0 aromatic carbocycles. The maximum atomic E-state index is 11.6. The van der Waals surface area contributed by atoms with Crippen LogP contribution in [0, 0.1) is 0 Å². The van der Waals surface area contributed by atoms with Crippen molar-refractivity contribution in [2.24, 2.45) is 0 Å². The average molecular weight is 301 g/mol. The van der Waals surface area contributed by atoms with Crippen LogP contribution in [0.3, 0.4) is 0 Å². The number of aryl methyl sites for hydroxylation is 1. The smallest absolute Gasteiger partial charge is 0.408 e. The molecule has 0 aliphatic rings. The molecule has 2 N–H and O–H groups in total. The zero-order valence-corrected chi connectivity index (χ0v) is 12.8. The molecule has 0 spiro atoms. The number of carbonyl (C=O) groups excluding carboxylic acids is 1. The van der Waals surface area contributed by atoms with Crippen LogP contribution >= 0.6 is 11.3 Å². The molecular weight excluding hydrogens is 282 g/mol. The van der Waals surface area contributed by atoms with E-state index in [9.17, 15) is 9.59 Å². The highest BCUT2D eigenvalue weighted by atomic mass is 32.1. The first kappa shape index (κ1) is 16.4. The maximum Gasteiger partial charge on any atom is 0.408 e. The largest absolute Gasteiger partial charge is 0.480 e. The van der Waals surface area contributed by atoms with Gasteiger partial charge in [-0.1, -0.05) is 6.92 Å². The predicted octanol–water partition coefficient (Wildman–Crippen LogP) is 1.62. The number of aromatic nitrogens is 2. The van der Waals surface area contributed by atoms with Crippen LogP contribution < -0.4 is 5.32 Å². The topological polar surface area (TPSA) is 101 Å². The summed E-state index contributed by atoms with van der Waals surface area (Å²) in [4.78, 5) is 22.8. The Morgan fingerprint density at radius 3 is 2.40 bits per heavy atom. The number of hydrogen-bond donors (Lipinski definition) is 2. The molecule has 1 unspecified atom stereocenters. The molecule has 0 saturated heterocycles. The van der Waals surface area contributed by atoms with Crippen molar-refractivity contribution in [1.82, 2.24) is 15.5 Å². The fourth-order valence-corrected chi connectivity index (χ4v) is 2.17. The monoisotopic (exact) mass is 301 g/mol. The van der Waals surface area contributed by atoms with Gasteiger partial charge in [0.05, 0.1) is 0 Å². The van der Waals surface area contributed by atoms with Gasteiger partial charge in [0.1, 0.15) is 21.7 Å². The summed E-state index contributed by atoms with van der Waals surface area (Å²) in [7, 11) is 0. The number of nitrogens with zero attached hydrogens (tertiary/aromatic N) is 2. The van der Waals surface area contributed by atoms with E-state index in [4.69, 9.17) is 9.84 Å². The predicted molar refractivity (Wildman–Crippen MR) is 73.8 cm³/mol. The third-order valence-corrected chi connectivity index (χ3v) is 3.27. The van der Waals surface area contributed by atoms with Crippen LogP contribution in [0.1, 0.15) is 37.7 Å². The fourth-order valence-electron chi connectivity index (χ4n) is 1.34. The quantitative estimate of drug-likeness (QED) is 0.857. The van der Waals surface area contributed by atoms with Gasteiger partial charge in [0.25, 0.3) is 0 Å². The minimum Gasteiger partial charge on any atom is -0.480 e. The Morgan fingerprint density at radius 2 is 1.95 bits per heavy atom. The van der Waals surface area contributed by atoms with Crippen LogP contribution in [-0.2, 0) is 22.4 Å². The van der Waals surface area contributed by atoms with Gasteiger partial charge in [-0.3, -0.25) is 0 Å². The van der Waals surface area contributed by atoms with E-state index >= 15 is 0 Å². The van der Waals surface area contributed by atoms with E-state index in [1.165, 1.54) is 11.3 Å². The van der Waals surface area contributed by atoms with E-state index in [2.05, 4.69) is 15.5 Å². The van der Waals surface area contributed by atoms with E-state index in [-0.39, 0.29) is 6.42 Å². The summed E-state index contributed by atoms with van der Waals surface area (Å²) in [5.74, 6) is -1.14. The zero-order chi connectivity index (χ0) is 15.3. The molecule has 1 aromatic rings. The lowest BCUT2D eigenvalue weighted by Gasteiger charge is -2.21.